The Kier molecular flexibility index (Phi) is 15.3. The molecule has 2 aromatic rings. The highest BCUT2D eigenvalue weighted by Crippen LogP contribution is 2.00. The fourth-order valence-corrected chi connectivity index (χ4v) is 1.72. The lowest BCUT2D eigenvalue weighted by molar-refractivity contribution is -0.671. The van der Waals surface area contributed by atoms with E-state index < -0.39 is 0 Å². The van der Waals surface area contributed by atoms with Crippen LogP contribution in [0.5, 0.6) is 0 Å². The lowest BCUT2D eigenvalue weighted by Crippen LogP contribution is -3.00. The van der Waals surface area contributed by atoms with Crippen molar-refractivity contribution in [2.24, 2.45) is 14.1 Å². The van der Waals surface area contributed by atoms with Crippen LogP contribution in [-0.4, -0.2) is 9.55 Å². The third-order valence-corrected chi connectivity index (χ3v) is 2.78. The number of rotatable bonds is 5. The molecule has 0 aliphatic rings. The molecule has 2 heterocycles. The van der Waals surface area contributed by atoms with Crippen LogP contribution in [-0.2, 0) is 20.6 Å². The average molecular weight is 504 g/mol. The summed E-state index contributed by atoms with van der Waals surface area (Å²) in [7, 11) is 4.03. The second kappa shape index (κ2) is 13.8. The van der Waals surface area contributed by atoms with Crippen molar-refractivity contribution in [1.29, 1.82) is 0 Å². The number of halogens is 2. The normalized spacial score (nSPS) is 8.95. The molecule has 0 unspecified atom stereocenters. The molecule has 0 aromatic carbocycles. The molecule has 116 valence electrons. The van der Waals surface area contributed by atoms with Gasteiger partial charge in [-0.3, -0.25) is 4.98 Å². The van der Waals surface area contributed by atoms with Crippen LogP contribution in [0.25, 0.3) is 0 Å². The number of aromatic amines is 1. The maximum atomic E-state index is 2.89. The summed E-state index contributed by atoms with van der Waals surface area (Å²) in [6.07, 6.45) is 17.4. The quantitative estimate of drug-likeness (QED) is 0.243. The maximum absolute atomic E-state index is 2.89. The largest absolute Gasteiger partial charge is 1.00 e. The smallest absolute Gasteiger partial charge is 0.243 e. The molecule has 6 heteroatoms. The van der Waals surface area contributed by atoms with Crippen molar-refractivity contribution in [1.82, 2.24) is 9.55 Å². The Labute approximate surface area is 156 Å². The van der Waals surface area contributed by atoms with Crippen LogP contribution in [0.4, 0.5) is 0 Å². The number of imidazole rings is 2. The SMILES string of the molecule is CCCCCCn1cc[n+](C)c1.C[n+]1cc[nH]c1.[I-].[I-]. The molecule has 2 aromatic heterocycles. The van der Waals surface area contributed by atoms with Crippen LogP contribution < -0.4 is 57.1 Å². The van der Waals surface area contributed by atoms with Gasteiger partial charge in [0.2, 0.25) is 12.7 Å². The zero-order chi connectivity index (χ0) is 13.2. The van der Waals surface area contributed by atoms with Crippen LogP contribution in [0.3, 0.4) is 0 Å². The van der Waals surface area contributed by atoms with E-state index in [1.54, 1.807) is 0 Å². The molecule has 0 aliphatic carbocycles. The van der Waals surface area contributed by atoms with Gasteiger partial charge in [-0.15, -0.1) is 0 Å². The first-order valence-corrected chi connectivity index (χ1v) is 6.71. The Balaban J connectivity index is 0. The number of aromatic nitrogens is 4. The molecule has 0 bridgehead atoms. The summed E-state index contributed by atoms with van der Waals surface area (Å²) in [6, 6.07) is 0. The maximum Gasteiger partial charge on any atom is 0.243 e. The van der Waals surface area contributed by atoms with Crippen molar-refractivity contribution < 1.29 is 57.1 Å². The van der Waals surface area contributed by atoms with Crippen molar-refractivity contribution in [3.8, 4) is 0 Å². The van der Waals surface area contributed by atoms with Crippen molar-refractivity contribution in [3.63, 3.8) is 0 Å². The zero-order valence-electron chi connectivity index (χ0n) is 12.6. The van der Waals surface area contributed by atoms with Crippen LogP contribution in [0.15, 0.2) is 37.4 Å². The fraction of sp³-hybridized carbons (Fsp3) is 0.571. The predicted octanol–water partition coefficient (Wildman–Crippen LogP) is -4.26. The average Bonchev–Trinajstić information content (AvgIpc) is 2.97. The molecule has 4 nitrogen and oxygen atoms in total. The third-order valence-electron chi connectivity index (χ3n) is 2.78. The molecule has 0 atom stereocenters. The summed E-state index contributed by atoms with van der Waals surface area (Å²) < 4.78 is 6.27. The minimum Gasteiger partial charge on any atom is -1.00 e. The standard InChI is InChI=1S/C10H19N2.C4H6N2.2HI/c1-3-4-5-6-7-12-9-8-11(2)10-12;1-6-3-2-5-4-6;;/h8-10H,3-7H2,1-2H3;2-4H,1H3;2*1H/q+1;;;/p-1. The molecule has 2 rings (SSSR count). The number of aryl methyl sites for hydroxylation is 3. The summed E-state index contributed by atoms with van der Waals surface area (Å²) in [4.78, 5) is 2.89. The molecule has 20 heavy (non-hydrogen) atoms. The summed E-state index contributed by atoms with van der Waals surface area (Å²) in [6.45, 7) is 3.41. The topological polar surface area (TPSA) is 28.5 Å². The molecular weight excluding hydrogens is 478 g/mol. The monoisotopic (exact) mass is 504 g/mol. The van der Waals surface area contributed by atoms with Gasteiger partial charge in [-0.25, -0.2) is 13.7 Å². The van der Waals surface area contributed by atoms with Gasteiger partial charge in [0.1, 0.15) is 24.8 Å². The summed E-state index contributed by atoms with van der Waals surface area (Å²) >= 11 is 0. The highest BCUT2D eigenvalue weighted by Gasteiger charge is 1.97. The van der Waals surface area contributed by atoms with E-state index in [2.05, 4.69) is 46.8 Å². The van der Waals surface area contributed by atoms with Crippen molar-refractivity contribution in [3.05, 3.63) is 37.4 Å². The van der Waals surface area contributed by atoms with Gasteiger partial charge in [0.05, 0.1) is 20.6 Å². The number of hydrogen-bond donors (Lipinski definition) is 1. The summed E-state index contributed by atoms with van der Waals surface area (Å²) in [5.41, 5.74) is 0. The number of hydrogen-bond acceptors (Lipinski definition) is 0. The highest BCUT2D eigenvalue weighted by molar-refractivity contribution is 4.65. The Morgan fingerprint density at radius 2 is 1.75 bits per heavy atom. The van der Waals surface area contributed by atoms with Gasteiger partial charge in [-0.1, -0.05) is 19.8 Å². The van der Waals surface area contributed by atoms with Crippen molar-refractivity contribution in [2.75, 3.05) is 0 Å². The van der Waals surface area contributed by atoms with Gasteiger partial charge in [0.25, 0.3) is 0 Å². The number of H-pyrrole nitrogens is 1. The predicted molar refractivity (Wildman–Crippen MR) is 71.7 cm³/mol. The third kappa shape index (κ3) is 10.6. The van der Waals surface area contributed by atoms with Gasteiger partial charge in [-0.2, -0.15) is 0 Å². The molecule has 0 saturated carbocycles. The van der Waals surface area contributed by atoms with Gasteiger partial charge < -0.3 is 48.0 Å². The summed E-state index contributed by atoms with van der Waals surface area (Å²) in [5.74, 6) is 0. The number of nitrogens with one attached hydrogen (secondary N) is 1. The Hall–Kier alpha value is -0.120. The fourth-order valence-electron chi connectivity index (χ4n) is 1.72. The second-order valence-corrected chi connectivity index (χ2v) is 4.65. The van der Waals surface area contributed by atoms with E-state index in [0.717, 1.165) is 0 Å². The molecule has 0 radical (unpaired) electrons. The first-order chi connectivity index (χ1) is 8.72. The van der Waals surface area contributed by atoms with E-state index in [0.29, 0.717) is 0 Å². The minimum absolute atomic E-state index is 0. The van der Waals surface area contributed by atoms with Gasteiger partial charge >= 0.3 is 0 Å². The van der Waals surface area contributed by atoms with E-state index in [1.165, 1.54) is 32.2 Å². The second-order valence-electron chi connectivity index (χ2n) is 4.65. The molecule has 1 N–H and O–H groups in total. The Morgan fingerprint density at radius 1 is 1.00 bits per heavy atom. The Morgan fingerprint density at radius 3 is 2.15 bits per heavy atom. The van der Waals surface area contributed by atoms with E-state index >= 15 is 0 Å². The van der Waals surface area contributed by atoms with Gasteiger partial charge in [0, 0.05) is 0 Å². The summed E-state index contributed by atoms with van der Waals surface area (Å²) in [5, 5.41) is 0. The van der Waals surface area contributed by atoms with E-state index in [-0.39, 0.29) is 48.0 Å². The molecule has 0 aliphatic heterocycles. The van der Waals surface area contributed by atoms with Gasteiger partial charge in [-0.05, 0) is 12.8 Å². The van der Waals surface area contributed by atoms with Crippen molar-refractivity contribution >= 4 is 0 Å². The molecule has 0 saturated heterocycles. The van der Waals surface area contributed by atoms with Crippen molar-refractivity contribution in [2.45, 2.75) is 39.2 Å². The van der Waals surface area contributed by atoms with E-state index in [1.807, 2.05) is 30.3 Å². The Bertz CT molecular complexity index is 412. The van der Waals surface area contributed by atoms with Crippen LogP contribution in [0.1, 0.15) is 32.6 Å². The molecular formula is C14H26I2N4. The lowest BCUT2D eigenvalue weighted by atomic mass is 10.2. The minimum atomic E-state index is 0. The van der Waals surface area contributed by atoms with E-state index in [9.17, 15) is 0 Å². The van der Waals surface area contributed by atoms with E-state index in [4.69, 9.17) is 0 Å². The highest BCUT2D eigenvalue weighted by atomic mass is 127. The molecule has 0 amide bonds. The van der Waals surface area contributed by atoms with Crippen LogP contribution in [0.2, 0.25) is 0 Å². The first kappa shape index (κ1) is 22.2. The van der Waals surface area contributed by atoms with Crippen LogP contribution in [0, 0.1) is 0 Å². The molecule has 0 fully saturated rings. The zero-order valence-corrected chi connectivity index (χ0v) is 16.9. The number of nitrogens with zero attached hydrogens (tertiary/aromatic N) is 3. The first-order valence-electron chi connectivity index (χ1n) is 6.71. The van der Waals surface area contributed by atoms with Gasteiger partial charge in [0.15, 0.2) is 0 Å². The molecule has 0 spiro atoms. The lowest BCUT2D eigenvalue weighted by Gasteiger charge is -1.95. The van der Waals surface area contributed by atoms with Crippen LogP contribution >= 0.6 is 0 Å². The number of unbranched alkanes of at least 4 members (excludes halogenated alkanes) is 3.